The molecule has 0 saturated heterocycles. The van der Waals surface area contributed by atoms with Crippen LogP contribution in [0.4, 0.5) is 25.2 Å². The SMILES string of the molecule is CCCCCCCC(C)(C)O[SH2+].F[P-](F)(F)(F)(F)F. The van der Waals surface area contributed by atoms with Crippen molar-refractivity contribution in [2.24, 2.45) is 0 Å². The maximum atomic E-state index is 9.87. The van der Waals surface area contributed by atoms with E-state index in [0.29, 0.717) is 0 Å². The molecule has 0 atom stereocenters. The molecule has 0 spiro atoms. The Morgan fingerprint density at radius 1 is 0.895 bits per heavy atom. The standard InChI is InChI=1S/C10H22OS.F6P/c1-4-5-6-7-8-9-10(2,3)11-12;1-7(2,3,4,5)6/h12H,4-9H2,1-3H3;/q;-1/p+1. The molecule has 0 aliphatic carbocycles. The molecule has 0 heterocycles. The summed E-state index contributed by atoms with van der Waals surface area (Å²) >= 11 is 3.10. The molecule has 0 rings (SSSR count). The average Bonchev–Trinajstić information content (AvgIpc) is 2.12. The quantitative estimate of drug-likeness (QED) is 0.225. The number of hydrogen-bond donors (Lipinski definition) is 0. The Morgan fingerprint density at radius 2 is 1.26 bits per heavy atom. The Bertz CT molecular complexity index is 239. The molecule has 0 N–H and O–H groups in total. The summed E-state index contributed by atoms with van der Waals surface area (Å²) in [5.41, 5.74) is 0.00308. The van der Waals surface area contributed by atoms with E-state index in [1.807, 2.05) is 0 Å². The molecule has 0 aromatic rings. The van der Waals surface area contributed by atoms with E-state index in [-0.39, 0.29) is 5.60 Å². The van der Waals surface area contributed by atoms with Gasteiger partial charge in [0.15, 0.2) is 0 Å². The normalized spacial score (nSPS) is 16.1. The molecule has 0 aromatic heterocycles. The minimum atomic E-state index is -10.7. The van der Waals surface area contributed by atoms with E-state index < -0.39 is 7.81 Å². The van der Waals surface area contributed by atoms with Crippen LogP contribution >= 0.6 is 7.81 Å². The second kappa shape index (κ2) is 6.85. The molecule has 0 aliphatic heterocycles. The van der Waals surface area contributed by atoms with E-state index in [1.54, 1.807) is 0 Å². The van der Waals surface area contributed by atoms with Crippen LogP contribution in [0.3, 0.4) is 0 Å². The van der Waals surface area contributed by atoms with E-state index >= 15 is 0 Å². The van der Waals surface area contributed by atoms with Gasteiger partial charge in [-0.2, -0.15) is 4.18 Å². The molecule has 0 saturated carbocycles. The van der Waals surface area contributed by atoms with Crippen LogP contribution in [0.25, 0.3) is 0 Å². The molecular weight excluding hydrogens is 313 g/mol. The summed E-state index contributed by atoms with van der Waals surface area (Å²) in [7, 11) is -10.7. The van der Waals surface area contributed by atoms with Crippen LogP contribution in [-0.4, -0.2) is 5.60 Å². The van der Waals surface area contributed by atoms with Gasteiger partial charge in [-0.1, -0.05) is 39.0 Å². The van der Waals surface area contributed by atoms with Crippen molar-refractivity contribution in [3.8, 4) is 0 Å². The molecule has 0 unspecified atom stereocenters. The van der Waals surface area contributed by atoms with Crippen LogP contribution in [0, 0.1) is 0 Å². The average molecular weight is 336 g/mol. The van der Waals surface area contributed by atoms with Gasteiger partial charge in [-0.3, -0.25) is 0 Å². The van der Waals surface area contributed by atoms with Gasteiger partial charge in [-0.15, -0.1) is 0 Å². The zero-order chi connectivity index (χ0) is 15.9. The number of unbranched alkanes of at least 4 members (excludes halogenated alkanes) is 4. The van der Waals surface area contributed by atoms with Gasteiger partial charge in [0, 0.05) is 0 Å². The Kier molecular flexibility index (Phi) is 7.80. The fourth-order valence-electron chi connectivity index (χ4n) is 1.21. The third kappa shape index (κ3) is 38.1. The van der Waals surface area contributed by atoms with Crippen molar-refractivity contribution in [3.05, 3.63) is 0 Å². The summed E-state index contributed by atoms with van der Waals surface area (Å²) in [5.74, 6) is 0. The van der Waals surface area contributed by atoms with Crippen LogP contribution in [0.5, 0.6) is 0 Å². The van der Waals surface area contributed by atoms with Gasteiger partial charge < -0.3 is 0 Å². The Labute approximate surface area is 115 Å². The predicted molar refractivity (Wildman–Crippen MR) is 72.3 cm³/mol. The van der Waals surface area contributed by atoms with Crippen molar-refractivity contribution in [3.63, 3.8) is 0 Å². The second-order valence-electron chi connectivity index (χ2n) is 4.98. The Balaban J connectivity index is 0. The van der Waals surface area contributed by atoms with Crippen LogP contribution in [0.2, 0.25) is 0 Å². The fraction of sp³-hybridized carbons (Fsp3) is 1.00. The van der Waals surface area contributed by atoms with Gasteiger partial charge in [-0.25, -0.2) is 0 Å². The van der Waals surface area contributed by atoms with Gasteiger partial charge in [0.25, 0.3) is 0 Å². The molecule has 0 aliphatic rings. The molecule has 122 valence electrons. The van der Waals surface area contributed by atoms with Crippen molar-refractivity contribution >= 4 is 20.7 Å². The van der Waals surface area contributed by atoms with Crippen LogP contribution < -0.4 is 0 Å². The molecule has 19 heavy (non-hydrogen) atoms. The van der Waals surface area contributed by atoms with Crippen molar-refractivity contribution in [1.29, 1.82) is 0 Å². The van der Waals surface area contributed by atoms with Gasteiger partial charge in [-0.05, 0) is 20.3 Å². The van der Waals surface area contributed by atoms with E-state index in [1.165, 1.54) is 32.1 Å². The molecule has 0 aromatic carbocycles. The third-order valence-corrected chi connectivity index (χ3v) is 2.71. The van der Waals surface area contributed by atoms with E-state index in [0.717, 1.165) is 6.42 Å². The molecule has 0 bridgehead atoms. The first-order valence-corrected chi connectivity index (χ1v) is 8.42. The van der Waals surface area contributed by atoms with Crippen molar-refractivity contribution < 1.29 is 29.4 Å². The van der Waals surface area contributed by atoms with Crippen LogP contribution in [0.15, 0.2) is 0 Å². The maximum absolute atomic E-state index is 10.7. The Hall–Kier alpha value is 0.320. The van der Waals surface area contributed by atoms with Gasteiger partial charge >= 0.3 is 33.0 Å². The number of rotatable bonds is 7. The summed E-state index contributed by atoms with van der Waals surface area (Å²) in [6.07, 6.45) is 7.81. The molecular formula is C10H23F6OPS. The van der Waals surface area contributed by atoms with Crippen molar-refractivity contribution in [2.75, 3.05) is 0 Å². The topological polar surface area (TPSA) is 9.23 Å². The summed E-state index contributed by atoms with van der Waals surface area (Å²) in [4.78, 5) is 0. The first-order chi connectivity index (χ1) is 8.07. The number of hydrogen-bond acceptors (Lipinski definition) is 1. The summed E-state index contributed by atoms with van der Waals surface area (Å²) in [6, 6.07) is 0. The van der Waals surface area contributed by atoms with E-state index in [2.05, 4.69) is 33.7 Å². The fourth-order valence-corrected chi connectivity index (χ4v) is 1.31. The summed E-state index contributed by atoms with van der Waals surface area (Å²) < 4.78 is 64.3. The second-order valence-corrected chi connectivity index (χ2v) is 7.11. The monoisotopic (exact) mass is 336 g/mol. The van der Waals surface area contributed by atoms with Crippen LogP contribution in [0.1, 0.15) is 59.3 Å². The van der Waals surface area contributed by atoms with E-state index in [4.69, 9.17) is 4.18 Å². The molecule has 1 nitrogen and oxygen atoms in total. The first kappa shape index (κ1) is 21.6. The molecule has 0 amide bonds. The minimum absolute atomic E-state index is 0.00308. The van der Waals surface area contributed by atoms with Crippen LogP contribution in [-0.2, 0) is 17.1 Å². The first-order valence-electron chi connectivity index (χ1n) is 5.98. The van der Waals surface area contributed by atoms with Gasteiger partial charge in [0.05, 0.1) is 0 Å². The van der Waals surface area contributed by atoms with Crippen molar-refractivity contribution in [2.45, 2.75) is 64.9 Å². The van der Waals surface area contributed by atoms with Gasteiger partial charge in [0.1, 0.15) is 18.5 Å². The van der Waals surface area contributed by atoms with Gasteiger partial charge in [0.2, 0.25) is 0 Å². The zero-order valence-corrected chi connectivity index (χ0v) is 13.3. The molecule has 9 heteroatoms. The summed E-state index contributed by atoms with van der Waals surface area (Å²) in [6.45, 7) is 6.46. The Morgan fingerprint density at radius 3 is 1.58 bits per heavy atom. The summed E-state index contributed by atoms with van der Waals surface area (Å²) in [5, 5.41) is 0. The zero-order valence-electron chi connectivity index (χ0n) is 11.4. The van der Waals surface area contributed by atoms with Crippen molar-refractivity contribution in [1.82, 2.24) is 0 Å². The predicted octanol–water partition coefficient (Wildman–Crippen LogP) is 6.45. The molecule has 0 fully saturated rings. The third-order valence-electron chi connectivity index (χ3n) is 2.16. The number of halogens is 6. The molecule has 0 radical (unpaired) electrons. The van der Waals surface area contributed by atoms with E-state index in [9.17, 15) is 25.2 Å².